The van der Waals surface area contributed by atoms with Crippen molar-refractivity contribution in [1.29, 1.82) is 0 Å². The van der Waals surface area contributed by atoms with Crippen molar-refractivity contribution in [3.8, 4) is 5.75 Å². The summed E-state index contributed by atoms with van der Waals surface area (Å²) in [7, 11) is 0. The lowest BCUT2D eigenvalue weighted by atomic mass is 10.1. The number of ether oxygens (including phenoxy) is 2. The average Bonchev–Trinajstić information content (AvgIpc) is 2.78. The number of halogens is 1. The molecular formula is C13H17BrO3. The molecule has 0 bridgehead atoms. The van der Waals surface area contributed by atoms with Crippen LogP contribution >= 0.6 is 15.9 Å². The Kier molecular flexibility index (Phi) is 4.42. The molecule has 0 spiro atoms. The Morgan fingerprint density at radius 2 is 2.41 bits per heavy atom. The molecule has 1 N–H and O–H groups in total. The van der Waals surface area contributed by atoms with Gasteiger partial charge in [-0.05, 0) is 25.5 Å². The highest BCUT2D eigenvalue weighted by Crippen LogP contribution is 2.29. The molecule has 0 saturated carbocycles. The molecule has 3 nitrogen and oxygen atoms in total. The summed E-state index contributed by atoms with van der Waals surface area (Å²) in [4.78, 5) is 0. The van der Waals surface area contributed by atoms with Crippen LogP contribution in [0.3, 0.4) is 0 Å². The minimum Gasteiger partial charge on any atom is -0.493 e. The maximum absolute atomic E-state index is 9.67. The highest BCUT2D eigenvalue weighted by molar-refractivity contribution is 9.10. The van der Waals surface area contributed by atoms with Crippen molar-refractivity contribution in [2.24, 2.45) is 5.92 Å². The van der Waals surface area contributed by atoms with E-state index in [0.29, 0.717) is 12.5 Å². The van der Waals surface area contributed by atoms with Crippen LogP contribution in [0.4, 0.5) is 0 Å². The van der Waals surface area contributed by atoms with Crippen LogP contribution in [0.15, 0.2) is 22.7 Å². The molecule has 4 heteroatoms. The van der Waals surface area contributed by atoms with Gasteiger partial charge in [0.05, 0.1) is 19.3 Å². The first-order chi connectivity index (χ1) is 8.16. The smallest absolute Gasteiger partial charge is 0.126 e. The summed E-state index contributed by atoms with van der Waals surface area (Å²) < 4.78 is 12.1. The largest absolute Gasteiger partial charge is 0.493 e. The van der Waals surface area contributed by atoms with Gasteiger partial charge in [-0.1, -0.05) is 22.0 Å². The van der Waals surface area contributed by atoms with E-state index in [-0.39, 0.29) is 0 Å². The maximum Gasteiger partial charge on any atom is 0.126 e. The van der Waals surface area contributed by atoms with Gasteiger partial charge in [0.1, 0.15) is 5.75 Å². The summed E-state index contributed by atoms with van der Waals surface area (Å²) in [6.45, 7) is 4.00. The van der Waals surface area contributed by atoms with Gasteiger partial charge in [0.25, 0.3) is 0 Å². The van der Waals surface area contributed by atoms with Crippen LogP contribution in [0.5, 0.6) is 5.75 Å². The van der Waals surface area contributed by atoms with Gasteiger partial charge in [0.15, 0.2) is 0 Å². The molecule has 17 heavy (non-hydrogen) atoms. The molecule has 2 rings (SSSR count). The molecule has 1 saturated heterocycles. The van der Waals surface area contributed by atoms with E-state index in [2.05, 4.69) is 15.9 Å². The van der Waals surface area contributed by atoms with Crippen molar-refractivity contribution in [2.75, 3.05) is 19.8 Å². The van der Waals surface area contributed by atoms with Gasteiger partial charge in [-0.2, -0.15) is 0 Å². The molecule has 1 aromatic rings. The Morgan fingerprint density at radius 1 is 1.59 bits per heavy atom. The quantitative estimate of drug-likeness (QED) is 0.929. The van der Waals surface area contributed by atoms with Crippen molar-refractivity contribution in [1.82, 2.24) is 0 Å². The molecule has 0 aliphatic carbocycles. The van der Waals surface area contributed by atoms with Crippen LogP contribution in [0.25, 0.3) is 0 Å². The molecule has 1 aliphatic heterocycles. The van der Waals surface area contributed by atoms with Gasteiger partial charge in [0.2, 0.25) is 0 Å². The number of aliphatic hydroxyl groups excluding tert-OH is 1. The first kappa shape index (κ1) is 12.9. The second-order valence-corrected chi connectivity index (χ2v) is 5.31. The van der Waals surface area contributed by atoms with E-state index < -0.39 is 6.10 Å². The van der Waals surface area contributed by atoms with E-state index in [1.54, 1.807) is 6.92 Å². The standard InChI is InChI=1S/C13H17BrO3/c1-9(15)12-3-2-11(14)6-13(12)17-8-10-4-5-16-7-10/h2-3,6,9-10,15H,4-5,7-8H2,1H3. The van der Waals surface area contributed by atoms with Crippen LogP contribution in [-0.2, 0) is 4.74 Å². The number of hydrogen-bond acceptors (Lipinski definition) is 3. The number of rotatable bonds is 4. The fraction of sp³-hybridized carbons (Fsp3) is 0.538. The average molecular weight is 301 g/mol. The third kappa shape index (κ3) is 3.44. The SMILES string of the molecule is CC(O)c1ccc(Br)cc1OCC1CCOC1. The second kappa shape index (κ2) is 5.85. The minimum atomic E-state index is -0.516. The van der Waals surface area contributed by atoms with Crippen molar-refractivity contribution >= 4 is 15.9 Å². The molecule has 94 valence electrons. The van der Waals surface area contributed by atoms with Crippen molar-refractivity contribution < 1.29 is 14.6 Å². The summed E-state index contributed by atoms with van der Waals surface area (Å²) in [5.41, 5.74) is 0.826. The summed E-state index contributed by atoms with van der Waals surface area (Å²) in [6.07, 6.45) is 0.538. The van der Waals surface area contributed by atoms with Crippen LogP contribution in [-0.4, -0.2) is 24.9 Å². The number of aliphatic hydroxyl groups is 1. The topological polar surface area (TPSA) is 38.7 Å². The van der Waals surface area contributed by atoms with Gasteiger partial charge in [-0.15, -0.1) is 0 Å². The van der Waals surface area contributed by atoms with E-state index >= 15 is 0 Å². The van der Waals surface area contributed by atoms with Crippen molar-refractivity contribution in [2.45, 2.75) is 19.4 Å². The highest BCUT2D eigenvalue weighted by Gasteiger charge is 2.17. The molecule has 1 fully saturated rings. The molecular weight excluding hydrogens is 284 g/mol. The van der Waals surface area contributed by atoms with Gasteiger partial charge < -0.3 is 14.6 Å². The number of benzene rings is 1. The first-order valence-corrected chi connectivity index (χ1v) is 6.64. The van der Waals surface area contributed by atoms with Crippen LogP contribution in [0.2, 0.25) is 0 Å². The van der Waals surface area contributed by atoms with Crippen LogP contribution < -0.4 is 4.74 Å². The summed E-state index contributed by atoms with van der Waals surface area (Å²) in [5, 5.41) is 9.67. The van der Waals surface area contributed by atoms with Crippen molar-refractivity contribution in [3.63, 3.8) is 0 Å². The predicted octanol–water partition coefficient (Wildman–Crippen LogP) is 2.92. The monoisotopic (exact) mass is 300 g/mol. The zero-order valence-electron chi connectivity index (χ0n) is 9.86. The highest BCUT2D eigenvalue weighted by atomic mass is 79.9. The molecule has 1 aromatic carbocycles. The molecule has 1 heterocycles. The van der Waals surface area contributed by atoms with Gasteiger partial charge >= 0.3 is 0 Å². The third-order valence-electron chi connectivity index (χ3n) is 2.92. The van der Waals surface area contributed by atoms with E-state index in [0.717, 1.165) is 35.4 Å². The molecule has 2 atom stereocenters. The Labute approximate surface area is 110 Å². The first-order valence-electron chi connectivity index (χ1n) is 5.85. The molecule has 1 aliphatic rings. The lowest BCUT2D eigenvalue weighted by Gasteiger charge is -2.15. The minimum absolute atomic E-state index is 0.468. The Bertz CT molecular complexity index is 373. The lowest BCUT2D eigenvalue weighted by molar-refractivity contribution is 0.162. The van der Waals surface area contributed by atoms with Crippen LogP contribution in [0, 0.1) is 5.92 Å². The predicted molar refractivity (Wildman–Crippen MR) is 69.2 cm³/mol. The van der Waals surface area contributed by atoms with Gasteiger partial charge in [-0.3, -0.25) is 0 Å². The Morgan fingerprint density at radius 3 is 3.06 bits per heavy atom. The van der Waals surface area contributed by atoms with E-state index in [1.165, 1.54) is 0 Å². The van der Waals surface area contributed by atoms with Crippen molar-refractivity contribution in [3.05, 3.63) is 28.2 Å². The van der Waals surface area contributed by atoms with Gasteiger partial charge in [-0.25, -0.2) is 0 Å². The third-order valence-corrected chi connectivity index (χ3v) is 3.42. The number of hydrogen-bond donors (Lipinski definition) is 1. The molecule has 2 unspecified atom stereocenters. The molecule has 0 amide bonds. The normalized spacial score (nSPS) is 21.5. The van der Waals surface area contributed by atoms with Crippen LogP contribution in [0.1, 0.15) is 25.0 Å². The summed E-state index contributed by atoms with van der Waals surface area (Å²) >= 11 is 3.41. The van der Waals surface area contributed by atoms with Gasteiger partial charge in [0, 0.05) is 22.6 Å². The zero-order chi connectivity index (χ0) is 12.3. The molecule has 0 aromatic heterocycles. The fourth-order valence-corrected chi connectivity index (χ4v) is 2.24. The Hall–Kier alpha value is -0.580. The second-order valence-electron chi connectivity index (χ2n) is 4.40. The fourth-order valence-electron chi connectivity index (χ4n) is 1.90. The van der Waals surface area contributed by atoms with E-state index in [9.17, 15) is 5.11 Å². The van der Waals surface area contributed by atoms with E-state index in [1.807, 2.05) is 18.2 Å². The van der Waals surface area contributed by atoms with E-state index in [4.69, 9.17) is 9.47 Å². The molecule has 0 radical (unpaired) electrons. The summed E-state index contributed by atoms with van der Waals surface area (Å²) in [6, 6.07) is 5.70. The maximum atomic E-state index is 9.67. The zero-order valence-corrected chi connectivity index (χ0v) is 11.4. The lowest BCUT2D eigenvalue weighted by Crippen LogP contribution is -2.12. The summed E-state index contributed by atoms with van der Waals surface area (Å²) in [5.74, 6) is 1.22. The Balaban J connectivity index is 2.04.